The summed E-state index contributed by atoms with van der Waals surface area (Å²) in [5, 5.41) is 0. The number of nitrogens with zero attached hydrogens (tertiary/aromatic N) is 1. The number of fused-ring (bicyclic) bond motifs is 3. The molecule has 0 N–H and O–H groups in total. The Morgan fingerprint density at radius 1 is 1.21 bits per heavy atom. The van der Waals surface area contributed by atoms with Crippen LogP contribution < -0.4 is 0 Å². The molecule has 3 rings (SSSR count). The van der Waals surface area contributed by atoms with Gasteiger partial charge in [-0.1, -0.05) is 24.3 Å². The maximum atomic E-state index is 12.6. The second kappa shape index (κ2) is 7.18. The molecule has 1 amide bonds. The first kappa shape index (κ1) is 16.7. The molecule has 0 saturated carbocycles. The van der Waals surface area contributed by atoms with Crippen molar-refractivity contribution < 1.29 is 14.3 Å². The predicted octanol–water partition coefficient (Wildman–Crippen LogP) is 3.54. The number of aryl methyl sites for hydroxylation is 2. The van der Waals surface area contributed by atoms with Gasteiger partial charge in [0.2, 0.25) is 0 Å². The molecule has 126 valence electrons. The lowest BCUT2D eigenvalue weighted by molar-refractivity contribution is -0.140. The van der Waals surface area contributed by atoms with Crippen LogP contribution in [0.15, 0.2) is 30.3 Å². The second-order valence-corrected chi connectivity index (χ2v) is 7.08. The molecule has 0 atom stereocenters. The van der Waals surface area contributed by atoms with E-state index in [0.29, 0.717) is 19.4 Å². The Kier molecular flexibility index (Phi) is 5.00. The van der Waals surface area contributed by atoms with E-state index in [2.05, 4.69) is 22.9 Å². The van der Waals surface area contributed by atoms with Gasteiger partial charge in [0.15, 0.2) is 0 Å². The molecule has 1 aliphatic rings. The molecular weight excluding hydrogens is 322 g/mol. The highest BCUT2D eigenvalue weighted by Gasteiger charge is 2.22. The molecule has 0 aliphatic heterocycles. The number of esters is 1. The van der Waals surface area contributed by atoms with Gasteiger partial charge in [0.25, 0.3) is 5.91 Å². The third-order valence-corrected chi connectivity index (χ3v) is 5.59. The molecule has 0 radical (unpaired) electrons. The van der Waals surface area contributed by atoms with E-state index < -0.39 is 0 Å². The maximum Gasteiger partial charge on any atom is 0.305 e. The van der Waals surface area contributed by atoms with Crippen LogP contribution >= 0.6 is 11.3 Å². The molecule has 1 aromatic carbocycles. The highest BCUT2D eigenvalue weighted by molar-refractivity contribution is 7.17. The number of hydrogen-bond donors (Lipinski definition) is 0. The van der Waals surface area contributed by atoms with Crippen LogP contribution in [-0.2, 0) is 22.4 Å². The molecule has 0 spiro atoms. The molecule has 5 heteroatoms. The van der Waals surface area contributed by atoms with Crippen molar-refractivity contribution in [2.75, 3.05) is 20.7 Å². The lowest BCUT2D eigenvalue weighted by Crippen LogP contribution is -2.27. The minimum atomic E-state index is -0.237. The molecule has 0 bridgehead atoms. The van der Waals surface area contributed by atoms with Crippen molar-refractivity contribution in [3.05, 3.63) is 46.3 Å². The molecule has 1 aromatic heterocycles. The second-order valence-electron chi connectivity index (χ2n) is 6.03. The molecule has 4 nitrogen and oxygen atoms in total. The number of hydrogen-bond acceptors (Lipinski definition) is 4. The number of amides is 1. The zero-order valence-corrected chi connectivity index (χ0v) is 14.8. The first-order valence-electron chi connectivity index (χ1n) is 8.13. The number of methoxy groups -OCH3 is 1. The van der Waals surface area contributed by atoms with Crippen molar-refractivity contribution in [1.29, 1.82) is 0 Å². The lowest BCUT2D eigenvalue weighted by atomic mass is 9.91. The van der Waals surface area contributed by atoms with Crippen molar-refractivity contribution >= 4 is 23.2 Å². The van der Waals surface area contributed by atoms with Gasteiger partial charge in [0.05, 0.1) is 12.0 Å². The third kappa shape index (κ3) is 3.36. The Bertz CT molecular complexity index is 766. The van der Waals surface area contributed by atoms with Gasteiger partial charge in [-0.25, -0.2) is 0 Å². The van der Waals surface area contributed by atoms with Crippen LogP contribution in [0.25, 0.3) is 10.4 Å². The Morgan fingerprint density at radius 2 is 1.96 bits per heavy atom. The molecule has 24 heavy (non-hydrogen) atoms. The van der Waals surface area contributed by atoms with Gasteiger partial charge >= 0.3 is 5.97 Å². The van der Waals surface area contributed by atoms with Crippen molar-refractivity contribution in [2.24, 2.45) is 0 Å². The summed E-state index contributed by atoms with van der Waals surface area (Å²) in [5.74, 6) is -0.212. The molecule has 0 unspecified atom stereocenters. The fourth-order valence-corrected chi connectivity index (χ4v) is 4.29. The summed E-state index contributed by atoms with van der Waals surface area (Å²) >= 11 is 1.58. The smallest absolute Gasteiger partial charge is 0.305 e. The van der Waals surface area contributed by atoms with Gasteiger partial charge in [-0.15, -0.1) is 11.3 Å². The topological polar surface area (TPSA) is 46.6 Å². The summed E-state index contributed by atoms with van der Waals surface area (Å²) in [6.07, 6.45) is 2.97. The Labute approximate surface area is 146 Å². The highest BCUT2D eigenvalue weighted by atomic mass is 32.1. The van der Waals surface area contributed by atoms with Crippen LogP contribution in [0.3, 0.4) is 0 Å². The molecular formula is C19H21NO3S. The van der Waals surface area contributed by atoms with Gasteiger partial charge in [0, 0.05) is 24.9 Å². The minimum Gasteiger partial charge on any atom is -0.469 e. The van der Waals surface area contributed by atoms with Gasteiger partial charge in [0.1, 0.15) is 0 Å². The lowest BCUT2D eigenvalue weighted by Gasteiger charge is -2.15. The average Bonchev–Trinajstić information content (AvgIpc) is 3.05. The van der Waals surface area contributed by atoms with Crippen molar-refractivity contribution in [2.45, 2.75) is 25.7 Å². The van der Waals surface area contributed by atoms with Gasteiger partial charge < -0.3 is 9.64 Å². The highest BCUT2D eigenvalue weighted by Crippen LogP contribution is 2.39. The van der Waals surface area contributed by atoms with Crippen LogP contribution in [0.2, 0.25) is 0 Å². The monoisotopic (exact) mass is 343 g/mol. The third-order valence-electron chi connectivity index (χ3n) is 4.39. The van der Waals surface area contributed by atoms with Crippen molar-refractivity contribution in [3.8, 4) is 10.4 Å². The van der Waals surface area contributed by atoms with E-state index in [4.69, 9.17) is 0 Å². The molecule has 0 saturated heterocycles. The predicted molar refractivity (Wildman–Crippen MR) is 95.4 cm³/mol. The van der Waals surface area contributed by atoms with Crippen LogP contribution in [0.5, 0.6) is 0 Å². The fraction of sp³-hybridized carbons (Fsp3) is 0.368. The standard InChI is InChI=1S/C19H21NO3S/c1-20(11-5-8-17(21)23-2)19(22)16-12-14-10-9-13-6-3-4-7-15(13)18(14)24-16/h3-4,6-7,12H,5,8-11H2,1-2H3. The molecule has 0 fully saturated rings. The summed E-state index contributed by atoms with van der Waals surface area (Å²) < 4.78 is 4.63. The number of benzene rings is 1. The summed E-state index contributed by atoms with van der Waals surface area (Å²) in [5.41, 5.74) is 3.89. The number of thiophene rings is 1. The molecule has 1 aliphatic carbocycles. The summed E-state index contributed by atoms with van der Waals surface area (Å²) in [6.45, 7) is 0.549. The number of carbonyl (C=O) groups is 2. The normalized spacial score (nSPS) is 12.2. The minimum absolute atomic E-state index is 0.0248. The first-order chi connectivity index (χ1) is 11.6. The van der Waals surface area contributed by atoms with Crippen LogP contribution in [0.1, 0.15) is 33.6 Å². The van der Waals surface area contributed by atoms with Gasteiger partial charge in [-0.2, -0.15) is 0 Å². The van der Waals surface area contributed by atoms with Gasteiger partial charge in [-0.3, -0.25) is 9.59 Å². The maximum absolute atomic E-state index is 12.6. The van der Waals surface area contributed by atoms with E-state index in [1.807, 2.05) is 12.1 Å². The SMILES string of the molecule is COC(=O)CCCN(C)C(=O)c1cc2c(s1)-c1ccccc1CC2. The zero-order chi connectivity index (χ0) is 17.1. The van der Waals surface area contributed by atoms with E-state index in [1.165, 1.54) is 28.7 Å². The quantitative estimate of drug-likeness (QED) is 0.780. The number of carbonyl (C=O) groups excluding carboxylic acids is 2. The Morgan fingerprint density at radius 3 is 2.75 bits per heavy atom. The summed E-state index contributed by atoms with van der Waals surface area (Å²) in [7, 11) is 3.16. The largest absolute Gasteiger partial charge is 0.469 e. The van der Waals surface area contributed by atoms with Crippen LogP contribution in [0, 0.1) is 0 Å². The Hall–Kier alpha value is -2.14. The van der Waals surface area contributed by atoms with E-state index >= 15 is 0 Å². The number of rotatable bonds is 5. The first-order valence-corrected chi connectivity index (χ1v) is 8.95. The van der Waals surface area contributed by atoms with E-state index in [9.17, 15) is 9.59 Å². The van der Waals surface area contributed by atoms with Crippen LogP contribution in [0.4, 0.5) is 0 Å². The summed E-state index contributed by atoms with van der Waals surface area (Å²) in [4.78, 5) is 27.5. The van der Waals surface area contributed by atoms with E-state index in [-0.39, 0.29) is 11.9 Å². The molecule has 1 heterocycles. The van der Waals surface area contributed by atoms with E-state index in [1.54, 1.807) is 23.3 Å². The summed E-state index contributed by atoms with van der Waals surface area (Å²) in [6, 6.07) is 10.5. The zero-order valence-electron chi connectivity index (χ0n) is 14.0. The van der Waals surface area contributed by atoms with Crippen molar-refractivity contribution in [1.82, 2.24) is 4.90 Å². The van der Waals surface area contributed by atoms with Gasteiger partial charge in [-0.05, 0) is 42.0 Å². The average molecular weight is 343 g/mol. The number of ether oxygens (including phenoxy) is 1. The Balaban J connectivity index is 1.71. The fourth-order valence-electron chi connectivity index (χ4n) is 3.03. The molecule has 2 aromatic rings. The van der Waals surface area contributed by atoms with E-state index in [0.717, 1.165) is 17.7 Å². The van der Waals surface area contributed by atoms with Crippen LogP contribution in [-0.4, -0.2) is 37.5 Å². The van der Waals surface area contributed by atoms with Crippen molar-refractivity contribution in [3.63, 3.8) is 0 Å².